The molecule has 0 bridgehead atoms. The number of carbonyl (C=O) groups is 3. The number of fused-ring (bicyclic) bond motifs is 1. The molecule has 10 heteroatoms. The first kappa shape index (κ1) is 23.8. The second-order valence-electron chi connectivity index (χ2n) is 7.08. The van der Waals surface area contributed by atoms with Crippen molar-refractivity contribution in [2.45, 2.75) is 41.7 Å². The van der Waals surface area contributed by atoms with Crippen LogP contribution in [0.1, 0.15) is 37.0 Å². The van der Waals surface area contributed by atoms with Crippen LogP contribution in [0.3, 0.4) is 0 Å². The number of ether oxygens (including phenoxy) is 1. The van der Waals surface area contributed by atoms with Crippen LogP contribution in [-0.4, -0.2) is 43.8 Å². The van der Waals surface area contributed by atoms with Crippen LogP contribution >= 0.6 is 11.8 Å². The van der Waals surface area contributed by atoms with Crippen molar-refractivity contribution in [2.24, 2.45) is 0 Å². The maximum atomic E-state index is 12.7. The highest BCUT2D eigenvalue weighted by Gasteiger charge is 2.27. The monoisotopic (exact) mass is 476 g/mol. The summed E-state index contributed by atoms with van der Waals surface area (Å²) in [6.07, 6.45) is 0.439. The van der Waals surface area contributed by atoms with Crippen molar-refractivity contribution in [3.63, 3.8) is 0 Å². The van der Waals surface area contributed by atoms with Gasteiger partial charge in [-0.2, -0.15) is 0 Å². The van der Waals surface area contributed by atoms with Gasteiger partial charge in [-0.3, -0.25) is 9.59 Å². The van der Waals surface area contributed by atoms with Crippen molar-refractivity contribution in [3.05, 3.63) is 48.0 Å². The number of carbonyl (C=O) groups excluding carboxylic acids is 3. The minimum atomic E-state index is -3.72. The maximum Gasteiger partial charge on any atom is 0.338 e. The smallest absolute Gasteiger partial charge is 0.338 e. The molecule has 0 fully saturated rings. The zero-order valence-electron chi connectivity index (χ0n) is 17.7. The number of esters is 1. The average molecular weight is 477 g/mol. The summed E-state index contributed by atoms with van der Waals surface area (Å²) in [5.41, 5.74) is 1.27. The molecule has 0 aliphatic carbocycles. The minimum Gasteiger partial charge on any atom is -0.462 e. The molecule has 0 saturated heterocycles. The number of hydrogen-bond donors (Lipinski definition) is 2. The maximum absolute atomic E-state index is 12.7. The number of rotatable bonds is 8. The Morgan fingerprint density at radius 2 is 1.84 bits per heavy atom. The third kappa shape index (κ3) is 5.68. The summed E-state index contributed by atoms with van der Waals surface area (Å²) in [5.74, 6) is -1.45. The molecular formula is C22H24N2O6S2. The highest BCUT2D eigenvalue weighted by Crippen LogP contribution is 2.38. The lowest BCUT2D eigenvalue weighted by atomic mass is 10.2. The van der Waals surface area contributed by atoms with Gasteiger partial charge in [-0.1, -0.05) is 6.92 Å². The molecule has 2 amide bonds. The van der Waals surface area contributed by atoms with Gasteiger partial charge in [0.2, 0.25) is 11.8 Å². The van der Waals surface area contributed by atoms with Crippen LogP contribution in [-0.2, 0) is 24.2 Å². The fourth-order valence-corrected chi connectivity index (χ4v) is 5.35. The van der Waals surface area contributed by atoms with Crippen molar-refractivity contribution in [1.29, 1.82) is 0 Å². The zero-order chi connectivity index (χ0) is 23.3. The van der Waals surface area contributed by atoms with Crippen LogP contribution in [0.4, 0.5) is 11.4 Å². The van der Waals surface area contributed by atoms with Gasteiger partial charge in [0.05, 0.1) is 33.8 Å². The third-order valence-electron chi connectivity index (χ3n) is 4.78. The molecule has 8 nitrogen and oxygen atoms in total. The van der Waals surface area contributed by atoms with E-state index in [1.165, 1.54) is 36.0 Å². The van der Waals surface area contributed by atoms with E-state index >= 15 is 0 Å². The van der Waals surface area contributed by atoms with E-state index in [0.29, 0.717) is 23.4 Å². The second kappa shape index (κ2) is 10.2. The van der Waals surface area contributed by atoms with Crippen molar-refractivity contribution in [1.82, 2.24) is 0 Å². The van der Waals surface area contributed by atoms with Crippen LogP contribution in [0.5, 0.6) is 0 Å². The van der Waals surface area contributed by atoms with E-state index in [2.05, 4.69) is 10.6 Å². The van der Waals surface area contributed by atoms with E-state index in [4.69, 9.17) is 4.74 Å². The standard InChI is InChI=1S/C22H24N2O6S2/c1-3-18-21(26)24-17-13-16(9-10-19(17)31-18)32(28,29)12-11-20(25)23-15-7-5-14(6-8-15)22(27)30-4-2/h5-10,13,18H,3-4,11-12H2,1-2H3,(H,23,25)(H,24,26). The Morgan fingerprint density at radius 1 is 1.12 bits per heavy atom. The topological polar surface area (TPSA) is 119 Å². The van der Waals surface area contributed by atoms with Gasteiger partial charge in [0.25, 0.3) is 0 Å². The second-order valence-corrected chi connectivity index (χ2v) is 10.4. The molecule has 1 aliphatic rings. The molecule has 1 aliphatic heterocycles. The summed E-state index contributed by atoms with van der Waals surface area (Å²) in [7, 11) is -3.72. The van der Waals surface area contributed by atoms with E-state index in [1.54, 1.807) is 25.1 Å². The Morgan fingerprint density at radius 3 is 2.50 bits per heavy atom. The first-order valence-corrected chi connectivity index (χ1v) is 12.7. The van der Waals surface area contributed by atoms with Crippen molar-refractivity contribution in [2.75, 3.05) is 23.0 Å². The summed E-state index contributed by atoms with van der Waals surface area (Å²) in [6.45, 7) is 3.89. The van der Waals surface area contributed by atoms with Gasteiger partial charge in [-0.15, -0.1) is 11.8 Å². The van der Waals surface area contributed by atoms with Gasteiger partial charge in [-0.25, -0.2) is 13.2 Å². The van der Waals surface area contributed by atoms with Gasteiger partial charge in [0.15, 0.2) is 9.84 Å². The Kier molecular flexibility index (Phi) is 7.57. The Labute approximate surface area is 191 Å². The molecule has 1 atom stereocenters. The van der Waals surface area contributed by atoms with Crippen molar-refractivity contribution >= 4 is 50.8 Å². The molecule has 1 heterocycles. The molecule has 0 spiro atoms. The lowest BCUT2D eigenvalue weighted by Gasteiger charge is -2.23. The average Bonchev–Trinajstić information content (AvgIpc) is 2.77. The number of sulfone groups is 1. The summed E-state index contributed by atoms with van der Waals surface area (Å²) in [6, 6.07) is 10.8. The fourth-order valence-electron chi connectivity index (χ4n) is 3.06. The molecule has 32 heavy (non-hydrogen) atoms. The van der Waals surface area contributed by atoms with Crippen LogP contribution in [0.2, 0.25) is 0 Å². The van der Waals surface area contributed by atoms with Crippen molar-refractivity contribution in [3.8, 4) is 0 Å². The molecule has 2 aromatic rings. The summed E-state index contributed by atoms with van der Waals surface area (Å²) >= 11 is 1.41. The minimum absolute atomic E-state index is 0.0543. The number of nitrogens with one attached hydrogen (secondary N) is 2. The first-order valence-electron chi connectivity index (χ1n) is 10.1. The predicted molar refractivity (Wildman–Crippen MR) is 123 cm³/mol. The Bertz CT molecular complexity index is 1130. The highest BCUT2D eigenvalue weighted by atomic mass is 32.2. The van der Waals surface area contributed by atoms with Crippen LogP contribution in [0.15, 0.2) is 52.3 Å². The quantitative estimate of drug-likeness (QED) is 0.560. The zero-order valence-corrected chi connectivity index (χ0v) is 19.3. The largest absolute Gasteiger partial charge is 0.462 e. The van der Waals surface area contributed by atoms with Crippen molar-refractivity contribution < 1.29 is 27.5 Å². The van der Waals surface area contributed by atoms with E-state index in [1.807, 2.05) is 6.92 Å². The van der Waals surface area contributed by atoms with Crippen LogP contribution in [0, 0.1) is 0 Å². The first-order chi connectivity index (χ1) is 15.2. The molecule has 2 N–H and O–H groups in total. The van der Waals surface area contributed by atoms with E-state index < -0.39 is 21.7 Å². The van der Waals surface area contributed by atoms with Gasteiger partial charge >= 0.3 is 5.97 Å². The van der Waals surface area contributed by atoms with E-state index in [0.717, 1.165) is 4.90 Å². The third-order valence-corrected chi connectivity index (χ3v) is 7.93. The molecule has 0 radical (unpaired) electrons. The van der Waals surface area contributed by atoms with Gasteiger partial charge < -0.3 is 15.4 Å². The molecule has 3 rings (SSSR count). The molecule has 170 valence electrons. The molecule has 0 saturated carbocycles. The molecule has 0 aromatic heterocycles. The van der Waals surface area contributed by atoms with Gasteiger partial charge in [-0.05, 0) is 55.8 Å². The summed E-state index contributed by atoms with van der Waals surface area (Å²) < 4.78 is 30.3. The number of benzene rings is 2. The van der Waals surface area contributed by atoms with E-state index in [-0.39, 0.29) is 34.8 Å². The number of hydrogen-bond acceptors (Lipinski definition) is 7. The predicted octanol–water partition coefficient (Wildman–Crippen LogP) is 3.49. The highest BCUT2D eigenvalue weighted by molar-refractivity contribution is 8.01. The molecule has 1 unspecified atom stereocenters. The SMILES string of the molecule is CCOC(=O)c1ccc(NC(=O)CCS(=O)(=O)c2ccc3c(c2)NC(=O)C(CC)S3)cc1. The summed E-state index contributed by atoms with van der Waals surface area (Å²) in [4.78, 5) is 36.8. The van der Waals surface area contributed by atoms with Crippen LogP contribution in [0.25, 0.3) is 0 Å². The molecule has 2 aromatic carbocycles. The Hall–Kier alpha value is -2.85. The lowest BCUT2D eigenvalue weighted by molar-refractivity contribution is -0.116. The van der Waals surface area contributed by atoms with Gasteiger partial charge in [0, 0.05) is 17.0 Å². The number of anilines is 2. The normalized spacial score (nSPS) is 15.4. The number of amides is 2. The number of thioether (sulfide) groups is 1. The Balaban J connectivity index is 1.60. The lowest BCUT2D eigenvalue weighted by Crippen LogP contribution is -2.28. The van der Waals surface area contributed by atoms with Gasteiger partial charge in [0.1, 0.15) is 0 Å². The summed E-state index contributed by atoms with van der Waals surface area (Å²) in [5, 5.41) is 5.18. The van der Waals surface area contributed by atoms with E-state index in [9.17, 15) is 22.8 Å². The molecular weight excluding hydrogens is 452 g/mol. The van der Waals surface area contributed by atoms with Crippen LogP contribution < -0.4 is 10.6 Å². The fraction of sp³-hybridized carbons (Fsp3) is 0.318.